The zero-order valence-electron chi connectivity index (χ0n) is 11.2. The Morgan fingerprint density at radius 1 is 1.50 bits per heavy atom. The summed E-state index contributed by atoms with van der Waals surface area (Å²) in [6, 6.07) is 1.68. The van der Waals surface area contributed by atoms with Crippen LogP contribution in [0.1, 0.15) is 45.1 Å². The molecular weight excluding hydrogens is 252 g/mol. The molecule has 18 heavy (non-hydrogen) atoms. The minimum Gasteiger partial charge on any atom is -0.388 e. The van der Waals surface area contributed by atoms with Crippen LogP contribution in [0.15, 0.2) is 6.07 Å². The molecule has 0 bridgehead atoms. The largest absolute Gasteiger partial charge is 0.388 e. The average molecular weight is 272 g/mol. The quantitative estimate of drug-likeness (QED) is 0.637. The molecule has 1 atom stereocenters. The average Bonchev–Trinajstić information content (AvgIpc) is 2.69. The molecule has 0 unspecified atom stereocenters. The van der Waals surface area contributed by atoms with Gasteiger partial charge in [0.2, 0.25) is 0 Å². The highest BCUT2D eigenvalue weighted by Crippen LogP contribution is 2.40. The maximum atomic E-state index is 11.1. The van der Waals surface area contributed by atoms with Crippen molar-refractivity contribution in [1.82, 2.24) is 0 Å². The van der Waals surface area contributed by atoms with Crippen LogP contribution in [0, 0.1) is 10.1 Å². The van der Waals surface area contributed by atoms with E-state index in [0.717, 1.165) is 13.0 Å². The van der Waals surface area contributed by atoms with Gasteiger partial charge in [0, 0.05) is 23.5 Å². The Hall–Kier alpha value is -1.14. The number of thiophene rings is 1. The molecular formula is C12H20N2O3S. The summed E-state index contributed by atoms with van der Waals surface area (Å²) >= 11 is 1.31. The second kappa shape index (κ2) is 6.15. The molecule has 1 aromatic heterocycles. The Morgan fingerprint density at radius 2 is 2.11 bits per heavy atom. The molecule has 6 heteroatoms. The van der Waals surface area contributed by atoms with Crippen LogP contribution >= 0.6 is 11.3 Å². The van der Waals surface area contributed by atoms with E-state index in [1.807, 2.05) is 25.7 Å². The first-order valence-electron chi connectivity index (χ1n) is 6.11. The zero-order chi connectivity index (χ0) is 13.9. The van der Waals surface area contributed by atoms with Gasteiger partial charge in [-0.05, 0) is 27.2 Å². The Labute approximate surface area is 111 Å². The number of aliphatic hydroxyl groups is 1. The fourth-order valence-electron chi connectivity index (χ4n) is 1.77. The first-order chi connectivity index (χ1) is 8.38. The molecule has 0 amide bonds. The van der Waals surface area contributed by atoms with Crippen LogP contribution in [0.2, 0.25) is 0 Å². The molecule has 0 spiro atoms. The Morgan fingerprint density at radius 3 is 2.50 bits per heavy atom. The second-order valence-corrected chi connectivity index (χ2v) is 5.62. The van der Waals surface area contributed by atoms with Crippen LogP contribution < -0.4 is 4.90 Å². The van der Waals surface area contributed by atoms with E-state index in [1.54, 1.807) is 6.92 Å². The maximum Gasteiger partial charge on any atom is 0.304 e. The molecule has 1 rings (SSSR count). The van der Waals surface area contributed by atoms with E-state index in [4.69, 9.17) is 0 Å². The van der Waals surface area contributed by atoms with Crippen molar-refractivity contribution < 1.29 is 10.0 Å². The van der Waals surface area contributed by atoms with E-state index in [2.05, 4.69) is 0 Å². The first kappa shape index (κ1) is 14.9. The lowest BCUT2D eigenvalue weighted by Gasteiger charge is -2.26. The molecule has 0 fully saturated rings. The van der Waals surface area contributed by atoms with Gasteiger partial charge in [0.05, 0.1) is 11.0 Å². The third kappa shape index (κ3) is 3.20. The van der Waals surface area contributed by atoms with Gasteiger partial charge in [-0.1, -0.05) is 6.92 Å². The third-order valence-electron chi connectivity index (χ3n) is 2.67. The molecule has 0 aliphatic rings. The van der Waals surface area contributed by atoms with Crippen LogP contribution in [0.4, 0.5) is 10.7 Å². The standard InChI is InChI=1S/C12H20N2O3S/c1-5-6-13(8(2)3)12-10(14(16)17)7-11(18-12)9(4)15/h7-9,15H,5-6H2,1-4H3/t9-/m0/s1. The molecule has 0 aliphatic heterocycles. The van der Waals surface area contributed by atoms with Crippen molar-refractivity contribution in [2.75, 3.05) is 11.4 Å². The van der Waals surface area contributed by atoms with Crippen molar-refractivity contribution in [3.63, 3.8) is 0 Å². The summed E-state index contributed by atoms with van der Waals surface area (Å²) in [6.45, 7) is 8.48. The minimum absolute atomic E-state index is 0.0954. The van der Waals surface area contributed by atoms with Gasteiger partial charge in [-0.25, -0.2) is 0 Å². The summed E-state index contributed by atoms with van der Waals surface area (Å²) in [5, 5.41) is 21.3. The topological polar surface area (TPSA) is 66.6 Å². The van der Waals surface area contributed by atoms with Gasteiger partial charge in [-0.15, -0.1) is 11.3 Å². The smallest absolute Gasteiger partial charge is 0.304 e. The SMILES string of the molecule is CCCN(c1sc([C@H](C)O)cc1[N+](=O)[O-])C(C)C. The lowest BCUT2D eigenvalue weighted by Crippen LogP contribution is -2.31. The van der Waals surface area contributed by atoms with Gasteiger partial charge < -0.3 is 10.0 Å². The highest BCUT2D eigenvalue weighted by molar-refractivity contribution is 7.16. The molecule has 0 aromatic carbocycles. The fourth-order valence-corrected chi connectivity index (χ4v) is 2.99. The normalized spacial score (nSPS) is 12.8. The van der Waals surface area contributed by atoms with Gasteiger partial charge in [0.25, 0.3) is 0 Å². The molecule has 0 saturated heterocycles. The lowest BCUT2D eigenvalue weighted by atomic mass is 10.2. The third-order valence-corrected chi connectivity index (χ3v) is 4.00. The van der Waals surface area contributed by atoms with Crippen molar-refractivity contribution in [2.24, 2.45) is 0 Å². The van der Waals surface area contributed by atoms with Crippen LogP contribution in [-0.4, -0.2) is 22.6 Å². The number of rotatable bonds is 6. The molecule has 5 nitrogen and oxygen atoms in total. The number of nitro groups is 1. The monoisotopic (exact) mass is 272 g/mol. The molecule has 1 heterocycles. The molecule has 1 N–H and O–H groups in total. The van der Waals surface area contributed by atoms with Crippen LogP contribution in [-0.2, 0) is 0 Å². The van der Waals surface area contributed by atoms with Gasteiger partial charge in [-0.2, -0.15) is 0 Å². The number of hydrogen-bond acceptors (Lipinski definition) is 5. The van der Waals surface area contributed by atoms with Crippen LogP contribution in [0.5, 0.6) is 0 Å². The van der Waals surface area contributed by atoms with Crippen molar-refractivity contribution in [3.05, 3.63) is 21.1 Å². The van der Waals surface area contributed by atoms with E-state index >= 15 is 0 Å². The van der Waals surface area contributed by atoms with Gasteiger partial charge in [0.15, 0.2) is 5.00 Å². The molecule has 0 radical (unpaired) electrons. The van der Waals surface area contributed by atoms with Crippen molar-refractivity contribution in [1.29, 1.82) is 0 Å². The number of anilines is 1. The number of aliphatic hydroxyl groups excluding tert-OH is 1. The highest BCUT2D eigenvalue weighted by atomic mass is 32.1. The minimum atomic E-state index is -0.668. The second-order valence-electron chi connectivity index (χ2n) is 4.56. The van der Waals surface area contributed by atoms with E-state index in [1.165, 1.54) is 17.4 Å². The molecule has 1 aromatic rings. The summed E-state index contributed by atoms with van der Waals surface area (Å²) in [4.78, 5) is 13.4. The van der Waals surface area contributed by atoms with Crippen molar-refractivity contribution in [3.8, 4) is 0 Å². The summed E-state index contributed by atoms with van der Waals surface area (Å²) in [5.41, 5.74) is 0.0954. The van der Waals surface area contributed by atoms with E-state index in [0.29, 0.717) is 9.88 Å². The zero-order valence-corrected chi connectivity index (χ0v) is 12.0. The van der Waals surface area contributed by atoms with Crippen LogP contribution in [0.25, 0.3) is 0 Å². The number of nitrogens with zero attached hydrogens (tertiary/aromatic N) is 2. The predicted octanol–water partition coefficient (Wildman–Crippen LogP) is 3.33. The summed E-state index contributed by atoms with van der Waals surface area (Å²) in [6.07, 6.45) is 0.259. The van der Waals surface area contributed by atoms with Gasteiger partial charge in [-0.3, -0.25) is 10.1 Å². The fraction of sp³-hybridized carbons (Fsp3) is 0.667. The molecule has 0 saturated carbocycles. The van der Waals surface area contributed by atoms with Crippen LogP contribution in [0.3, 0.4) is 0 Å². The Kier molecular flexibility index (Phi) is 5.10. The lowest BCUT2D eigenvalue weighted by molar-refractivity contribution is -0.383. The van der Waals surface area contributed by atoms with Crippen molar-refractivity contribution >= 4 is 22.0 Å². The molecule has 102 valence electrons. The van der Waals surface area contributed by atoms with E-state index in [9.17, 15) is 15.2 Å². The van der Waals surface area contributed by atoms with Gasteiger partial charge >= 0.3 is 5.69 Å². The summed E-state index contributed by atoms with van der Waals surface area (Å²) in [5.74, 6) is 0. The van der Waals surface area contributed by atoms with E-state index < -0.39 is 6.10 Å². The highest BCUT2D eigenvalue weighted by Gasteiger charge is 2.26. The Balaban J connectivity index is 3.22. The maximum absolute atomic E-state index is 11.1. The Bertz CT molecular complexity index is 415. The summed E-state index contributed by atoms with van der Waals surface area (Å²) < 4.78 is 0. The first-order valence-corrected chi connectivity index (χ1v) is 6.92. The van der Waals surface area contributed by atoms with E-state index in [-0.39, 0.29) is 16.7 Å². The number of hydrogen-bond donors (Lipinski definition) is 1. The predicted molar refractivity (Wildman–Crippen MR) is 74.4 cm³/mol. The van der Waals surface area contributed by atoms with Crippen molar-refractivity contribution in [2.45, 2.75) is 46.3 Å². The van der Waals surface area contributed by atoms with Gasteiger partial charge in [0.1, 0.15) is 0 Å². The molecule has 0 aliphatic carbocycles. The summed E-state index contributed by atoms with van der Waals surface area (Å²) in [7, 11) is 0.